The monoisotopic (exact) mass is 318 g/mol. The molecule has 122 valence electrons. The second-order valence-electron chi connectivity index (χ2n) is 5.65. The second kappa shape index (κ2) is 7.59. The minimum absolute atomic E-state index is 0.762. The molecule has 0 spiro atoms. The fourth-order valence-electron chi connectivity index (χ4n) is 2.61. The second-order valence-corrected chi connectivity index (χ2v) is 5.65. The lowest BCUT2D eigenvalue weighted by molar-refractivity contribution is 0.805. The number of benzene rings is 2. The predicted octanol–water partition coefficient (Wildman–Crippen LogP) is 4.56. The highest BCUT2D eigenvalue weighted by Crippen LogP contribution is 2.21. The predicted molar refractivity (Wildman–Crippen MR) is 99.7 cm³/mol. The van der Waals surface area contributed by atoms with Crippen LogP contribution in [0.25, 0.3) is 0 Å². The Labute approximate surface area is 143 Å². The molecule has 1 heterocycles. The zero-order valence-corrected chi connectivity index (χ0v) is 14.1. The number of anilines is 3. The molecular formula is C20H22N4. The third kappa shape index (κ3) is 4.10. The van der Waals surface area contributed by atoms with Crippen LogP contribution in [-0.2, 0) is 6.54 Å². The van der Waals surface area contributed by atoms with Crippen LogP contribution in [0.15, 0.2) is 66.7 Å². The lowest BCUT2D eigenvalue weighted by Crippen LogP contribution is -2.23. The van der Waals surface area contributed by atoms with Crippen LogP contribution < -0.4 is 10.2 Å². The number of nitrogens with zero attached hydrogens (tertiary/aromatic N) is 3. The van der Waals surface area contributed by atoms with E-state index in [4.69, 9.17) is 0 Å². The molecule has 0 atom stereocenters. The van der Waals surface area contributed by atoms with Gasteiger partial charge in [0.2, 0.25) is 0 Å². The van der Waals surface area contributed by atoms with E-state index in [9.17, 15) is 0 Å². The van der Waals surface area contributed by atoms with Crippen LogP contribution in [0.1, 0.15) is 18.3 Å². The van der Waals surface area contributed by atoms with E-state index in [1.807, 2.05) is 49.4 Å². The summed E-state index contributed by atoms with van der Waals surface area (Å²) in [5.74, 6) is 2.51. The summed E-state index contributed by atoms with van der Waals surface area (Å²) in [5, 5.41) is 3.35. The third-order valence-electron chi connectivity index (χ3n) is 3.79. The molecule has 2 aromatic carbocycles. The highest BCUT2D eigenvalue weighted by Gasteiger charge is 2.10. The first-order valence-electron chi connectivity index (χ1n) is 8.21. The van der Waals surface area contributed by atoms with Gasteiger partial charge in [-0.3, -0.25) is 0 Å². The van der Waals surface area contributed by atoms with Gasteiger partial charge >= 0.3 is 0 Å². The molecule has 24 heavy (non-hydrogen) atoms. The highest BCUT2D eigenvalue weighted by atomic mass is 15.2. The van der Waals surface area contributed by atoms with E-state index in [2.05, 4.69) is 51.4 Å². The summed E-state index contributed by atoms with van der Waals surface area (Å²) in [5.41, 5.74) is 2.29. The highest BCUT2D eigenvalue weighted by molar-refractivity contribution is 5.59. The normalized spacial score (nSPS) is 10.4. The summed E-state index contributed by atoms with van der Waals surface area (Å²) in [4.78, 5) is 11.4. The first-order chi connectivity index (χ1) is 11.7. The van der Waals surface area contributed by atoms with Crippen molar-refractivity contribution < 1.29 is 0 Å². The van der Waals surface area contributed by atoms with Crippen LogP contribution in [0.2, 0.25) is 0 Å². The fourth-order valence-corrected chi connectivity index (χ4v) is 2.61. The largest absolute Gasteiger partial charge is 0.352 e. The van der Waals surface area contributed by atoms with Gasteiger partial charge in [-0.15, -0.1) is 0 Å². The number of hydrogen-bond donors (Lipinski definition) is 1. The zero-order chi connectivity index (χ0) is 16.8. The van der Waals surface area contributed by atoms with E-state index in [1.165, 1.54) is 5.56 Å². The first-order valence-corrected chi connectivity index (χ1v) is 8.21. The van der Waals surface area contributed by atoms with Crippen molar-refractivity contribution in [3.8, 4) is 0 Å². The van der Waals surface area contributed by atoms with Crippen LogP contribution in [0, 0.1) is 6.92 Å². The summed E-state index contributed by atoms with van der Waals surface area (Å²) in [6, 6.07) is 22.5. The van der Waals surface area contributed by atoms with Crippen molar-refractivity contribution in [2.45, 2.75) is 20.4 Å². The molecule has 0 aliphatic rings. The SMILES string of the molecule is CCN(Cc1ccccc1)c1cc(Nc2ccccc2)nc(C)n1. The van der Waals surface area contributed by atoms with Gasteiger partial charge in [0, 0.05) is 24.8 Å². The van der Waals surface area contributed by atoms with Crippen molar-refractivity contribution in [1.29, 1.82) is 0 Å². The van der Waals surface area contributed by atoms with Gasteiger partial charge in [-0.2, -0.15) is 0 Å². The van der Waals surface area contributed by atoms with Crippen molar-refractivity contribution in [2.75, 3.05) is 16.8 Å². The Bertz CT molecular complexity index is 772. The van der Waals surface area contributed by atoms with Gasteiger partial charge in [0.15, 0.2) is 0 Å². The molecule has 0 saturated carbocycles. The van der Waals surface area contributed by atoms with Gasteiger partial charge < -0.3 is 10.2 Å². The first kappa shape index (κ1) is 16.0. The van der Waals surface area contributed by atoms with Crippen molar-refractivity contribution in [1.82, 2.24) is 9.97 Å². The van der Waals surface area contributed by atoms with Crippen LogP contribution in [0.4, 0.5) is 17.3 Å². The zero-order valence-electron chi connectivity index (χ0n) is 14.1. The van der Waals surface area contributed by atoms with E-state index in [0.717, 1.165) is 36.2 Å². The van der Waals surface area contributed by atoms with Gasteiger partial charge in [-0.1, -0.05) is 48.5 Å². The van der Waals surface area contributed by atoms with Crippen molar-refractivity contribution in [3.63, 3.8) is 0 Å². The molecule has 0 aliphatic heterocycles. The Morgan fingerprint density at radius 1 is 0.917 bits per heavy atom. The number of aryl methyl sites for hydroxylation is 1. The quantitative estimate of drug-likeness (QED) is 0.723. The van der Waals surface area contributed by atoms with Crippen molar-refractivity contribution in [2.24, 2.45) is 0 Å². The molecule has 3 rings (SSSR count). The van der Waals surface area contributed by atoms with E-state index >= 15 is 0 Å². The standard InChI is InChI=1S/C20H22N4/c1-3-24(15-17-10-6-4-7-11-17)20-14-19(21-16(2)22-20)23-18-12-8-5-9-13-18/h4-14H,3,15H2,1-2H3,(H,21,22,23). The van der Waals surface area contributed by atoms with Crippen LogP contribution >= 0.6 is 0 Å². The Morgan fingerprint density at radius 2 is 1.58 bits per heavy atom. The lowest BCUT2D eigenvalue weighted by atomic mass is 10.2. The molecule has 1 N–H and O–H groups in total. The molecule has 1 aromatic heterocycles. The maximum absolute atomic E-state index is 4.62. The molecule has 3 aromatic rings. The van der Waals surface area contributed by atoms with Gasteiger partial charge in [0.1, 0.15) is 17.5 Å². The number of nitrogens with one attached hydrogen (secondary N) is 1. The number of aromatic nitrogens is 2. The van der Waals surface area contributed by atoms with E-state index in [1.54, 1.807) is 0 Å². The van der Waals surface area contributed by atoms with Gasteiger partial charge in [-0.25, -0.2) is 9.97 Å². The molecular weight excluding hydrogens is 296 g/mol. The minimum Gasteiger partial charge on any atom is -0.352 e. The average Bonchev–Trinajstić information content (AvgIpc) is 2.61. The third-order valence-corrected chi connectivity index (χ3v) is 3.79. The molecule has 4 heteroatoms. The molecule has 0 aliphatic carbocycles. The summed E-state index contributed by atoms with van der Waals surface area (Å²) in [6.07, 6.45) is 0. The van der Waals surface area contributed by atoms with Crippen LogP contribution in [0.5, 0.6) is 0 Å². The fraction of sp³-hybridized carbons (Fsp3) is 0.200. The number of para-hydroxylation sites is 1. The van der Waals surface area contributed by atoms with E-state index < -0.39 is 0 Å². The molecule has 0 bridgehead atoms. The molecule has 0 saturated heterocycles. The summed E-state index contributed by atoms with van der Waals surface area (Å²) < 4.78 is 0. The van der Waals surface area contributed by atoms with Crippen LogP contribution in [-0.4, -0.2) is 16.5 Å². The summed E-state index contributed by atoms with van der Waals surface area (Å²) >= 11 is 0. The van der Waals surface area contributed by atoms with Gasteiger partial charge in [0.25, 0.3) is 0 Å². The lowest BCUT2D eigenvalue weighted by Gasteiger charge is -2.23. The Kier molecular flexibility index (Phi) is 5.06. The van der Waals surface area contributed by atoms with Crippen molar-refractivity contribution in [3.05, 3.63) is 78.1 Å². The molecule has 0 amide bonds. The molecule has 4 nitrogen and oxygen atoms in total. The van der Waals surface area contributed by atoms with Gasteiger partial charge in [-0.05, 0) is 31.5 Å². The summed E-state index contributed by atoms with van der Waals surface area (Å²) in [7, 11) is 0. The maximum atomic E-state index is 4.62. The number of rotatable bonds is 6. The Balaban J connectivity index is 1.83. The topological polar surface area (TPSA) is 41.0 Å². The van der Waals surface area contributed by atoms with Crippen LogP contribution in [0.3, 0.4) is 0 Å². The molecule has 0 radical (unpaired) electrons. The number of hydrogen-bond acceptors (Lipinski definition) is 4. The van der Waals surface area contributed by atoms with E-state index in [0.29, 0.717) is 0 Å². The Hall–Kier alpha value is -2.88. The molecule has 0 fully saturated rings. The van der Waals surface area contributed by atoms with Gasteiger partial charge in [0.05, 0.1) is 0 Å². The maximum Gasteiger partial charge on any atom is 0.136 e. The minimum atomic E-state index is 0.762. The average molecular weight is 318 g/mol. The Morgan fingerprint density at radius 3 is 2.25 bits per heavy atom. The molecule has 0 unspecified atom stereocenters. The summed E-state index contributed by atoms with van der Waals surface area (Å²) in [6.45, 7) is 5.79. The smallest absolute Gasteiger partial charge is 0.136 e. The van der Waals surface area contributed by atoms with Crippen molar-refractivity contribution >= 4 is 17.3 Å². The van der Waals surface area contributed by atoms with E-state index in [-0.39, 0.29) is 0 Å².